The predicted molar refractivity (Wildman–Crippen MR) is 144 cm³/mol. The molecular formula is C28H38N6O2. The summed E-state index contributed by atoms with van der Waals surface area (Å²) >= 11 is 0. The topological polar surface area (TPSA) is 89.7 Å². The first kappa shape index (κ1) is 24.9. The highest BCUT2D eigenvalue weighted by atomic mass is 16.3. The van der Waals surface area contributed by atoms with Gasteiger partial charge in [0.15, 0.2) is 0 Å². The van der Waals surface area contributed by atoms with Crippen LogP contribution in [0.15, 0.2) is 48.9 Å². The second-order valence-corrected chi connectivity index (χ2v) is 10.2. The van der Waals surface area contributed by atoms with Crippen LogP contribution in [0, 0.1) is 0 Å². The summed E-state index contributed by atoms with van der Waals surface area (Å²) in [5, 5.41) is 23.2. The SMILES string of the molecule is CN1CCN(Cc2ccc(-c3cn(C4CCC(O)CC4)c4nc(N/C=C/CCO)ncc34)cc2)CC1. The van der Waals surface area contributed by atoms with Crippen LogP contribution in [0.3, 0.4) is 0 Å². The second-order valence-electron chi connectivity index (χ2n) is 10.2. The van der Waals surface area contributed by atoms with Crippen molar-refractivity contribution in [3.05, 3.63) is 54.5 Å². The molecule has 1 aromatic carbocycles. The summed E-state index contributed by atoms with van der Waals surface area (Å²) in [7, 11) is 2.19. The largest absolute Gasteiger partial charge is 0.396 e. The summed E-state index contributed by atoms with van der Waals surface area (Å²) in [6.45, 7) is 5.59. The third-order valence-corrected chi connectivity index (χ3v) is 7.52. The lowest BCUT2D eigenvalue weighted by Crippen LogP contribution is -2.43. The molecule has 0 bridgehead atoms. The van der Waals surface area contributed by atoms with Gasteiger partial charge in [0, 0.05) is 74.9 Å². The van der Waals surface area contributed by atoms with E-state index in [1.807, 2.05) is 12.3 Å². The van der Waals surface area contributed by atoms with E-state index in [0.717, 1.165) is 75.0 Å². The number of rotatable bonds is 8. The Hall–Kier alpha value is -2.78. The minimum atomic E-state index is -0.195. The number of fused-ring (bicyclic) bond motifs is 1. The summed E-state index contributed by atoms with van der Waals surface area (Å²) in [5.41, 5.74) is 4.57. The lowest BCUT2D eigenvalue weighted by atomic mass is 9.93. The maximum atomic E-state index is 10.0. The number of piperazine rings is 1. The van der Waals surface area contributed by atoms with Crippen molar-refractivity contribution in [1.29, 1.82) is 0 Å². The highest BCUT2D eigenvalue weighted by molar-refractivity contribution is 5.94. The standard InChI is InChI=1S/C28H38N6O2/c1-32-13-15-33(16-14-32)19-21-4-6-22(7-5-21)26-20-34(23-8-10-24(36)11-9-23)27-25(26)18-30-28(31-27)29-12-2-3-17-35/h2,4-7,12,18,20,23-24,35-36H,3,8-11,13-17,19H2,1H3,(H,29,30,31)/b12-2+. The molecule has 1 saturated carbocycles. The molecule has 8 heteroatoms. The van der Waals surface area contributed by atoms with Crippen molar-refractivity contribution in [2.24, 2.45) is 0 Å². The van der Waals surface area contributed by atoms with E-state index in [4.69, 9.17) is 10.1 Å². The average molecular weight is 491 g/mol. The van der Waals surface area contributed by atoms with Crippen LogP contribution in [-0.2, 0) is 6.54 Å². The predicted octanol–water partition coefficient (Wildman–Crippen LogP) is 3.63. The van der Waals surface area contributed by atoms with Gasteiger partial charge >= 0.3 is 0 Å². The van der Waals surface area contributed by atoms with Gasteiger partial charge in [-0.3, -0.25) is 4.90 Å². The first-order valence-corrected chi connectivity index (χ1v) is 13.2. The number of likely N-dealkylation sites (N-methyl/N-ethyl adjacent to an activating group) is 1. The van der Waals surface area contributed by atoms with Crippen molar-refractivity contribution >= 4 is 17.0 Å². The van der Waals surface area contributed by atoms with Crippen molar-refractivity contribution in [1.82, 2.24) is 24.3 Å². The summed E-state index contributed by atoms with van der Waals surface area (Å²) in [6.07, 6.45) is 11.7. The van der Waals surface area contributed by atoms with Gasteiger partial charge in [0.1, 0.15) is 5.65 Å². The Bertz CT molecular complexity index is 1160. The van der Waals surface area contributed by atoms with Gasteiger partial charge in [-0.25, -0.2) is 4.98 Å². The molecule has 2 aliphatic rings. The van der Waals surface area contributed by atoms with Crippen LogP contribution in [0.5, 0.6) is 0 Å². The van der Waals surface area contributed by atoms with Crippen molar-refractivity contribution in [2.75, 3.05) is 45.2 Å². The zero-order valence-electron chi connectivity index (χ0n) is 21.2. The lowest BCUT2D eigenvalue weighted by molar-refractivity contribution is 0.111. The van der Waals surface area contributed by atoms with E-state index >= 15 is 0 Å². The van der Waals surface area contributed by atoms with Crippen molar-refractivity contribution in [2.45, 2.75) is 50.8 Å². The highest BCUT2D eigenvalue weighted by Crippen LogP contribution is 2.36. The van der Waals surface area contributed by atoms with Crippen LogP contribution in [-0.4, -0.2) is 80.5 Å². The van der Waals surface area contributed by atoms with Gasteiger partial charge in [-0.15, -0.1) is 0 Å². The van der Waals surface area contributed by atoms with Crippen LogP contribution in [0.4, 0.5) is 5.95 Å². The monoisotopic (exact) mass is 490 g/mol. The first-order valence-electron chi connectivity index (χ1n) is 13.2. The van der Waals surface area contributed by atoms with Gasteiger partial charge < -0.3 is 25.0 Å². The summed E-state index contributed by atoms with van der Waals surface area (Å²) < 4.78 is 2.29. The van der Waals surface area contributed by atoms with Gasteiger partial charge in [-0.05, 0) is 50.3 Å². The van der Waals surface area contributed by atoms with Gasteiger partial charge in [0.25, 0.3) is 0 Å². The molecule has 1 aliphatic carbocycles. The molecule has 5 rings (SSSR count). The van der Waals surface area contributed by atoms with Gasteiger partial charge in [-0.2, -0.15) is 4.98 Å². The number of hydrogen-bond acceptors (Lipinski definition) is 7. The number of aliphatic hydroxyl groups is 2. The Kier molecular flexibility index (Phi) is 7.96. The maximum Gasteiger partial charge on any atom is 0.228 e. The van der Waals surface area contributed by atoms with Crippen molar-refractivity contribution < 1.29 is 10.2 Å². The van der Waals surface area contributed by atoms with Crippen molar-refractivity contribution in [3.8, 4) is 11.1 Å². The van der Waals surface area contributed by atoms with Gasteiger partial charge in [0.05, 0.1) is 6.10 Å². The Balaban J connectivity index is 1.41. The molecule has 1 aliphatic heterocycles. The van der Waals surface area contributed by atoms with E-state index in [1.165, 1.54) is 11.1 Å². The molecule has 2 fully saturated rings. The Labute approximate surface area is 213 Å². The molecule has 0 unspecified atom stereocenters. The zero-order valence-corrected chi connectivity index (χ0v) is 21.2. The van der Waals surface area contributed by atoms with Gasteiger partial charge in [0.2, 0.25) is 5.95 Å². The summed E-state index contributed by atoms with van der Waals surface area (Å²) in [4.78, 5) is 14.3. The van der Waals surface area contributed by atoms with Gasteiger partial charge in [-0.1, -0.05) is 30.3 Å². The minimum Gasteiger partial charge on any atom is -0.396 e. The molecule has 192 valence electrons. The Morgan fingerprint density at radius 2 is 1.81 bits per heavy atom. The molecule has 1 saturated heterocycles. The van der Waals surface area contributed by atoms with E-state index in [-0.39, 0.29) is 12.7 Å². The number of aliphatic hydroxyl groups excluding tert-OH is 2. The summed E-state index contributed by atoms with van der Waals surface area (Å²) in [6, 6.07) is 9.25. The van der Waals surface area contributed by atoms with Crippen LogP contribution in [0.2, 0.25) is 0 Å². The van der Waals surface area contributed by atoms with Crippen LogP contribution in [0.1, 0.15) is 43.7 Å². The third kappa shape index (κ3) is 5.78. The lowest BCUT2D eigenvalue weighted by Gasteiger charge is -2.32. The highest BCUT2D eigenvalue weighted by Gasteiger charge is 2.24. The molecule has 0 atom stereocenters. The fourth-order valence-corrected chi connectivity index (χ4v) is 5.29. The normalized spacial score (nSPS) is 22.0. The van der Waals surface area contributed by atoms with E-state index < -0.39 is 0 Å². The molecule has 3 aromatic rings. The number of anilines is 1. The molecule has 0 radical (unpaired) electrons. The molecule has 36 heavy (non-hydrogen) atoms. The summed E-state index contributed by atoms with van der Waals surface area (Å²) in [5.74, 6) is 0.543. The fourth-order valence-electron chi connectivity index (χ4n) is 5.29. The maximum absolute atomic E-state index is 10.0. The number of benzene rings is 1. The molecule has 3 N–H and O–H groups in total. The van der Waals surface area contributed by atoms with E-state index in [1.54, 1.807) is 6.20 Å². The zero-order chi connectivity index (χ0) is 24.9. The molecule has 2 aromatic heterocycles. The van der Waals surface area contributed by atoms with Crippen LogP contribution in [0.25, 0.3) is 22.2 Å². The molecule has 8 nitrogen and oxygen atoms in total. The second kappa shape index (κ2) is 11.5. The van der Waals surface area contributed by atoms with E-state index in [0.29, 0.717) is 18.4 Å². The third-order valence-electron chi connectivity index (χ3n) is 7.52. The quantitative estimate of drug-likeness (QED) is 0.444. The average Bonchev–Trinajstić information content (AvgIpc) is 3.28. The number of nitrogens with one attached hydrogen (secondary N) is 1. The number of hydrogen-bond donors (Lipinski definition) is 3. The number of nitrogens with zero attached hydrogens (tertiary/aromatic N) is 5. The van der Waals surface area contributed by atoms with E-state index in [9.17, 15) is 5.11 Å². The van der Waals surface area contributed by atoms with E-state index in [2.05, 4.69) is 62.2 Å². The first-order chi connectivity index (χ1) is 17.6. The van der Waals surface area contributed by atoms with Crippen molar-refractivity contribution in [3.63, 3.8) is 0 Å². The Morgan fingerprint density at radius 1 is 1.06 bits per heavy atom. The van der Waals surface area contributed by atoms with Crippen LogP contribution < -0.4 is 5.32 Å². The molecule has 0 spiro atoms. The minimum absolute atomic E-state index is 0.117. The van der Waals surface area contributed by atoms with Crippen LogP contribution >= 0.6 is 0 Å². The Morgan fingerprint density at radius 3 is 2.53 bits per heavy atom. The number of aromatic nitrogens is 3. The fraction of sp³-hybridized carbons (Fsp3) is 0.500. The smallest absolute Gasteiger partial charge is 0.228 e. The molecule has 0 amide bonds. The molecular weight excluding hydrogens is 452 g/mol. The molecule has 3 heterocycles.